The van der Waals surface area contributed by atoms with Gasteiger partial charge in [0.05, 0.1) is 6.10 Å². The maximum Gasteiger partial charge on any atom is 0.323 e. The molecule has 1 fully saturated rings. The average molecular weight is 280 g/mol. The van der Waals surface area contributed by atoms with Gasteiger partial charge in [-0.25, -0.2) is 0 Å². The molecule has 2 N–H and O–H groups in total. The van der Waals surface area contributed by atoms with E-state index in [1.165, 1.54) is 0 Å². The van der Waals surface area contributed by atoms with Crippen molar-refractivity contribution in [3.8, 4) is 0 Å². The second-order valence-electron chi connectivity index (χ2n) is 5.86. The van der Waals surface area contributed by atoms with Crippen LogP contribution in [0.4, 0.5) is 0 Å². The van der Waals surface area contributed by atoms with Crippen molar-refractivity contribution in [3.05, 3.63) is 0 Å². The van der Waals surface area contributed by atoms with Crippen molar-refractivity contribution < 1.29 is 14.6 Å². The standard InChI is InChI=1S/C13H25NO3.ClH/c1-5-6-9-7-10(15)8-11(14-9)12(16)17-13(2,3)4;/h9-11,14-15H,5-8H2,1-4H3;1H/t9-,10-,11-;/m0./s1. The van der Waals surface area contributed by atoms with E-state index in [-0.39, 0.29) is 30.5 Å². The Bertz CT molecular complexity index is 265. The fourth-order valence-electron chi connectivity index (χ4n) is 2.20. The van der Waals surface area contributed by atoms with Crippen molar-refractivity contribution in [3.63, 3.8) is 0 Å². The minimum atomic E-state index is -0.471. The minimum Gasteiger partial charge on any atom is -0.459 e. The van der Waals surface area contributed by atoms with Gasteiger partial charge in [0.2, 0.25) is 0 Å². The van der Waals surface area contributed by atoms with Crippen molar-refractivity contribution >= 4 is 18.4 Å². The quantitative estimate of drug-likeness (QED) is 0.776. The lowest BCUT2D eigenvalue weighted by Gasteiger charge is -2.34. The molecule has 0 radical (unpaired) electrons. The number of piperidine rings is 1. The van der Waals surface area contributed by atoms with Gasteiger partial charge in [0.25, 0.3) is 0 Å². The first-order valence-corrected chi connectivity index (χ1v) is 6.48. The zero-order valence-corrected chi connectivity index (χ0v) is 12.5. The molecule has 0 aliphatic carbocycles. The molecular formula is C13H26ClNO3. The SMILES string of the molecule is CCC[C@H]1C[C@H](O)C[C@@H](C(=O)OC(C)(C)C)N1.Cl. The Hall–Kier alpha value is -0.320. The molecule has 18 heavy (non-hydrogen) atoms. The van der Waals surface area contributed by atoms with E-state index < -0.39 is 11.7 Å². The molecule has 0 saturated carbocycles. The van der Waals surface area contributed by atoms with Gasteiger partial charge < -0.3 is 15.2 Å². The van der Waals surface area contributed by atoms with Crippen LogP contribution in [0.5, 0.6) is 0 Å². The molecule has 3 atom stereocenters. The van der Waals surface area contributed by atoms with Crippen LogP contribution in [-0.4, -0.2) is 34.9 Å². The third-order valence-corrected chi connectivity index (χ3v) is 2.83. The van der Waals surface area contributed by atoms with Crippen LogP contribution in [0.1, 0.15) is 53.4 Å². The van der Waals surface area contributed by atoms with Gasteiger partial charge in [0.15, 0.2) is 0 Å². The Morgan fingerprint density at radius 2 is 2.00 bits per heavy atom. The van der Waals surface area contributed by atoms with Crippen molar-refractivity contribution in [2.45, 2.75) is 77.2 Å². The molecule has 0 aromatic carbocycles. The van der Waals surface area contributed by atoms with Crippen LogP contribution >= 0.6 is 12.4 Å². The number of nitrogens with one attached hydrogen (secondary N) is 1. The summed E-state index contributed by atoms with van der Waals surface area (Å²) in [5, 5.41) is 13.0. The van der Waals surface area contributed by atoms with Crippen LogP contribution in [0.25, 0.3) is 0 Å². The van der Waals surface area contributed by atoms with Crippen LogP contribution in [0, 0.1) is 0 Å². The average Bonchev–Trinajstić information content (AvgIpc) is 2.14. The number of hydrogen-bond donors (Lipinski definition) is 2. The number of rotatable bonds is 3. The summed E-state index contributed by atoms with van der Waals surface area (Å²) in [6, 6.07) is -0.143. The first-order chi connectivity index (χ1) is 7.81. The summed E-state index contributed by atoms with van der Waals surface area (Å²) in [6.07, 6.45) is 2.81. The second-order valence-corrected chi connectivity index (χ2v) is 5.86. The van der Waals surface area contributed by atoms with Crippen LogP contribution < -0.4 is 5.32 Å². The van der Waals surface area contributed by atoms with E-state index in [1.807, 2.05) is 20.8 Å². The molecule has 0 aromatic rings. The molecule has 108 valence electrons. The monoisotopic (exact) mass is 279 g/mol. The maximum absolute atomic E-state index is 11.9. The Kier molecular flexibility index (Phi) is 7.18. The molecule has 4 nitrogen and oxygen atoms in total. The third kappa shape index (κ3) is 6.03. The molecule has 0 bridgehead atoms. The highest BCUT2D eigenvalue weighted by Gasteiger charge is 2.33. The normalized spacial score (nSPS) is 28.4. The molecule has 1 aliphatic heterocycles. The lowest BCUT2D eigenvalue weighted by atomic mass is 9.93. The fraction of sp³-hybridized carbons (Fsp3) is 0.923. The van der Waals surface area contributed by atoms with Crippen LogP contribution in [0.3, 0.4) is 0 Å². The zero-order valence-electron chi connectivity index (χ0n) is 11.7. The lowest BCUT2D eigenvalue weighted by Crippen LogP contribution is -2.52. The molecule has 5 heteroatoms. The van der Waals surface area contributed by atoms with E-state index in [4.69, 9.17) is 4.74 Å². The van der Waals surface area contributed by atoms with Gasteiger partial charge in [-0.05, 0) is 40.0 Å². The largest absolute Gasteiger partial charge is 0.459 e. The second kappa shape index (κ2) is 7.31. The topological polar surface area (TPSA) is 58.6 Å². The predicted octanol–water partition coefficient (Wildman–Crippen LogP) is 2.03. The molecule has 0 unspecified atom stereocenters. The highest BCUT2D eigenvalue weighted by Crippen LogP contribution is 2.19. The Morgan fingerprint density at radius 3 is 2.50 bits per heavy atom. The number of ether oxygens (including phenoxy) is 1. The highest BCUT2D eigenvalue weighted by molar-refractivity contribution is 5.85. The van der Waals surface area contributed by atoms with Gasteiger partial charge in [-0.3, -0.25) is 4.79 Å². The lowest BCUT2D eigenvalue weighted by molar-refractivity contribution is -0.159. The van der Waals surface area contributed by atoms with Crippen LogP contribution in [0.2, 0.25) is 0 Å². The first kappa shape index (κ1) is 17.7. The summed E-state index contributed by atoms with van der Waals surface area (Å²) in [4.78, 5) is 11.9. The van der Waals surface area contributed by atoms with Crippen molar-refractivity contribution in [1.29, 1.82) is 0 Å². The van der Waals surface area contributed by atoms with Gasteiger partial charge in [0, 0.05) is 6.04 Å². The van der Waals surface area contributed by atoms with Crippen molar-refractivity contribution in [2.24, 2.45) is 0 Å². The zero-order chi connectivity index (χ0) is 13.1. The van der Waals surface area contributed by atoms with E-state index in [1.54, 1.807) is 0 Å². The van der Waals surface area contributed by atoms with E-state index >= 15 is 0 Å². The van der Waals surface area contributed by atoms with Crippen molar-refractivity contribution in [2.75, 3.05) is 0 Å². The first-order valence-electron chi connectivity index (χ1n) is 6.48. The van der Waals surface area contributed by atoms with Gasteiger partial charge in [-0.1, -0.05) is 13.3 Å². The number of hydrogen-bond acceptors (Lipinski definition) is 4. The molecule has 0 spiro atoms. The molecular weight excluding hydrogens is 254 g/mol. The van der Waals surface area contributed by atoms with Gasteiger partial charge >= 0.3 is 5.97 Å². The summed E-state index contributed by atoms with van der Waals surface area (Å²) in [6.45, 7) is 7.67. The maximum atomic E-state index is 11.9. The smallest absolute Gasteiger partial charge is 0.323 e. The third-order valence-electron chi connectivity index (χ3n) is 2.83. The molecule has 1 heterocycles. The Balaban J connectivity index is 0.00000289. The molecule has 1 aliphatic rings. The Labute approximate surface area is 116 Å². The van der Waals surface area contributed by atoms with E-state index in [9.17, 15) is 9.90 Å². The predicted molar refractivity (Wildman–Crippen MR) is 74.0 cm³/mol. The minimum absolute atomic E-state index is 0. The summed E-state index contributed by atoms with van der Waals surface area (Å²) in [7, 11) is 0. The number of carbonyl (C=O) groups is 1. The summed E-state index contributed by atoms with van der Waals surface area (Å²) in [5.74, 6) is -0.252. The van der Waals surface area contributed by atoms with Crippen molar-refractivity contribution in [1.82, 2.24) is 5.32 Å². The van der Waals surface area contributed by atoms with E-state index in [0.717, 1.165) is 19.3 Å². The molecule has 1 saturated heterocycles. The highest BCUT2D eigenvalue weighted by atomic mass is 35.5. The Morgan fingerprint density at radius 1 is 1.39 bits per heavy atom. The summed E-state index contributed by atoms with van der Waals surface area (Å²) in [5.41, 5.74) is -0.471. The molecule has 0 aromatic heterocycles. The number of esters is 1. The van der Waals surface area contributed by atoms with Gasteiger partial charge in [-0.15, -0.1) is 12.4 Å². The van der Waals surface area contributed by atoms with Gasteiger partial charge in [-0.2, -0.15) is 0 Å². The molecule has 0 amide bonds. The number of carbonyl (C=O) groups excluding carboxylic acids is 1. The van der Waals surface area contributed by atoms with E-state index in [0.29, 0.717) is 6.42 Å². The van der Waals surface area contributed by atoms with Crippen LogP contribution in [-0.2, 0) is 9.53 Å². The fourth-order valence-corrected chi connectivity index (χ4v) is 2.20. The molecule has 1 rings (SSSR count). The van der Waals surface area contributed by atoms with Crippen LogP contribution in [0.15, 0.2) is 0 Å². The van der Waals surface area contributed by atoms with E-state index in [2.05, 4.69) is 12.2 Å². The van der Waals surface area contributed by atoms with Gasteiger partial charge in [0.1, 0.15) is 11.6 Å². The number of halogens is 1. The summed E-state index contributed by atoms with van der Waals surface area (Å²) >= 11 is 0. The number of aliphatic hydroxyl groups excluding tert-OH is 1. The number of aliphatic hydroxyl groups is 1. The summed E-state index contributed by atoms with van der Waals surface area (Å²) < 4.78 is 5.34.